The fourth-order valence-corrected chi connectivity index (χ4v) is 1.39. The molecule has 5 nitrogen and oxygen atoms in total. The lowest BCUT2D eigenvalue weighted by molar-refractivity contribution is -0.274. The molecule has 1 heterocycles. The van der Waals surface area contributed by atoms with Crippen molar-refractivity contribution in [3.8, 4) is 5.75 Å². The molecular weight excluding hydrogens is 311 g/mol. The van der Waals surface area contributed by atoms with Gasteiger partial charge in [0.05, 0.1) is 0 Å². The van der Waals surface area contributed by atoms with Gasteiger partial charge >= 0.3 is 13.5 Å². The maximum absolute atomic E-state index is 11.8. The van der Waals surface area contributed by atoms with Gasteiger partial charge in [-0.2, -0.15) is 10.2 Å². The molecule has 0 amide bonds. The molecule has 112 valence electrons. The van der Waals surface area contributed by atoms with Gasteiger partial charge in [0, 0.05) is 22.9 Å². The third-order valence-electron chi connectivity index (χ3n) is 1.96. The van der Waals surface area contributed by atoms with Crippen molar-refractivity contribution in [2.24, 2.45) is 0 Å². The second-order valence-corrected chi connectivity index (χ2v) is 3.93. The number of ether oxygens (including phenoxy) is 1. The van der Waals surface area contributed by atoms with Crippen LogP contribution in [0.4, 0.5) is 13.2 Å². The molecule has 2 N–H and O–H groups in total. The lowest BCUT2D eigenvalue weighted by Gasteiger charge is -2.10. The van der Waals surface area contributed by atoms with Crippen LogP contribution in [0, 0.1) is 0 Å². The molecule has 0 radical (unpaired) electrons. The Labute approximate surface area is 123 Å². The van der Waals surface area contributed by atoms with Crippen LogP contribution < -0.4 is 10.2 Å². The molecule has 21 heavy (non-hydrogen) atoms. The molecule has 0 unspecified atom stereocenters. The van der Waals surface area contributed by atoms with Gasteiger partial charge in [-0.15, -0.1) is 13.2 Å². The second-order valence-electron chi connectivity index (χ2n) is 3.52. The highest BCUT2D eigenvalue weighted by atomic mass is 35.5. The van der Waals surface area contributed by atoms with E-state index in [1.807, 2.05) is 12.1 Å². The van der Waals surface area contributed by atoms with E-state index in [0.717, 1.165) is 18.2 Å². The van der Waals surface area contributed by atoms with Gasteiger partial charge in [-0.25, -0.2) is 0 Å². The minimum Gasteiger partial charge on any atom is -0.423 e. The Kier molecular flexibility index (Phi) is 6.41. The predicted octanol–water partition coefficient (Wildman–Crippen LogP) is 1.39. The van der Waals surface area contributed by atoms with E-state index in [1.165, 1.54) is 0 Å². The van der Waals surface area contributed by atoms with Gasteiger partial charge in [-0.1, -0.05) is 11.6 Å². The highest BCUT2D eigenvalue weighted by Gasteiger charge is 2.31. The molecule has 1 aromatic carbocycles. The number of hydrogen-bond acceptors (Lipinski definition) is 5. The van der Waals surface area contributed by atoms with Crippen LogP contribution in [0.25, 0.3) is 0 Å². The molecule has 0 fully saturated rings. The summed E-state index contributed by atoms with van der Waals surface area (Å²) in [5.74, 6) is -0.560. The molecule has 0 aliphatic rings. The number of rotatable bonds is 2. The summed E-state index contributed by atoms with van der Waals surface area (Å²) in [6.07, 6.45) is -1.55. The molecule has 2 aromatic rings. The molecule has 0 saturated carbocycles. The molecular formula is C11H9BClF3N2O3. The summed E-state index contributed by atoms with van der Waals surface area (Å²) in [5, 5.41) is 24.5. The van der Waals surface area contributed by atoms with Crippen molar-refractivity contribution in [3.05, 3.63) is 47.7 Å². The molecule has 0 aliphatic heterocycles. The Bertz CT molecular complexity index is 531. The Hall–Kier alpha value is -1.84. The summed E-state index contributed by atoms with van der Waals surface area (Å²) in [7, 11) is -1.95. The van der Waals surface area contributed by atoms with Gasteiger partial charge in [0.1, 0.15) is 5.75 Å². The van der Waals surface area contributed by atoms with Crippen LogP contribution in [0.2, 0.25) is 5.02 Å². The van der Waals surface area contributed by atoms with E-state index in [-0.39, 0.29) is 10.5 Å². The van der Waals surface area contributed by atoms with E-state index in [1.54, 1.807) is 12.4 Å². The van der Waals surface area contributed by atoms with Gasteiger partial charge in [-0.3, -0.25) is 0 Å². The van der Waals surface area contributed by atoms with E-state index in [2.05, 4.69) is 14.9 Å². The van der Waals surface area contributed by atoms with Crippen LogP contribution in [0.1, 0.15) is 0 Å². The van der Waals surface area contributed by atoms with Gasteiger partial charge in [0.25, 0.3) is 0 Å². The maximum atomic E-state index is 11.8. The monoisotopic (exact) mass is 320 g/mol. The third kappa shape index (κ3) is 6.93. The first-order valence-corrected chi connectivity index (χ1v) is 5.80. The lowest BCUT2D eigenvalue weighted by atomic mass is 9.80. The van der Waals surface area contributed by atoms with Crippen molar-refractivity contribution in [1.29, 1.82) is 0 Å². The topological polar surface area (TPSA) is 75.5 Å². The van der Waals surface area contributed by atoms with E-state index in [0.29, 0.717) is 0 Å². The van der Waals surface area contributed by atoms with E-state index in [4.69, 9.17) is 21.6 Å². The zero-order chi connectivity index (χ0) is 15.9. The normalized spacial score (nSPS) is 10.4. The Morgan fingerprint density at radius 3 is 2.05 bits per heavy atom. The highest BCUT2D eigenvalue weighted by Crippen LogP contribution is 2.23. The molecule has 0 spiro atoms. The summed E-state index contributed by atoms with van der Waals surface area (Å²) in [5.41, 5.74) is -0.251. The molecule has 0 saturated heterocycles. The van der Waals surface area contributed by atoms with Crippen LogP contribution in [0.5, 0.6) is 5.75 Å². The maximum Gasteiger partial charge on any atom is 0.573 e. The smallest absolute Gasteiger partial charge is 0.423 e. The van der Waals surface area contributed by atoms with Crippen molar-refractivity contribution >= 4 is 24.2 Å². The number of benzene rings is 1. The molecule has 0 atom stereocenters. The quantitative estimate of drug-likeness (QED) is 0.818. The van der Waals surface area contributed by atoms with Gasteiger partial charge in [-0.05, 0) is 30.3 Å². The van der Waals surface area contributed by atoms with Crippen LogP contribution in [-0.4, -0.2) is 33.7 Å². The van der Waals surface area contributed by atoms with Crippen LogP contribution in [0.3, 0.4) is 0 Å². The number of halogens is 4. The number of alkyl halides is 3. The fourth-order valence-electron chi connectivity index (χ4n) is 1.17. The Balaban J connectivity index is 0.000000304. The van der Waals surface area contributed by atoms with Crippen molar-refractivity contribution in [1.82, 2.24) is 10.2 Å². The molecule has 2 rings (SSSR count). The van der Waals surface area contributed by atoms with Crippen LogP contribution >= 0.6 is 11.6 Å². The number of aromatic nitrogens is 2. The summed E-state index contributed by atoms with van der Waals surface area (Å²) < 4.78 is 39.0. The van der Waals surface area contributed by atoms with Gasteiger partial charge in [0.15, 0.2) is 0 Å². The minimum atomic E-state index is -4.83. The highest BCUT2D eigenvalue weighted by molar-refractivity contribution is 6.62. The van der Waals surface area contributed by atoms with Crippen molar-refractivity contribution < 1.29 is 28.0 Å². The first-order chi connectivity index (χ1) is 9.79. The largest absolute Gasteiger partial charge is 0.573 e. The number of nitrogens with zero attached hydrogens (tertiary/aromatic N) is 2. The molecule has 1 aromatic heterocycles. The average Bonchev–Trinajstić information content (AvgIpc) is 2.42. The summed E-state index contributed by atoms with van der Waals surface area (Å²) in [4.78, 5) is 0. The summed E-state index contributed by atoms with van der Waals surface area (Å²) >= 11 is 5.51. The molecule has 0 bridgehead atoms. The number of hydrogen-bond donors (Lipinski definition) is 2. The van der Waals surface area contributed by atoms with E-state index >= 15 is 0 Å². The zero-order valence-corrected chi connectivity index (χ0v) is 11.1. The summed E-state index contributed by atoms with van der Waals surface area (Å²) in [6.45, 7) is 0. The van der Waals surface area contributed by atoms with Gasteiger partial charge < -0.3 is 14.8 Å². The Morgan fingerprint density at radius 1 is 1.10 bits per heavy atom. The second kappa shape index (κ2) is 7.82. The fraction of sp³-hybridized carbons (Fsp3) is 0.0909. The standard InChI is InChI=1S/C7H5BClF3O3.C4H4N2/c9-6-2-1-4(15-7(10,11)12)3-5(6)8(13)14;1-2-4-6-5-3-1/h1-3,13-14H;1-4H. The van der Waals surface area contributed by atoms with Crippen LogP contribution in [0.15, 0.2) is 42.7 Å². The predicted molar refractivity (Wildman–Crippen MR) is 70.0 cm³/mol. The van der Waals surface area contributed by atoms with E-state index < -0.39 is 19.2 Å². The molecule has 0 aliphatic carbocycles. The van der Waals surface area contributed by atoms with Crippen molar-refractivity contribution in [2.45, 2.75) is 6.36 Å². The SMILES string of the molecule is OB(O)c1cc(OC(F)(F)F)ccc1Cl.c1ccnnc1. The van der Waals surface area contributed by atoms with Crippen molar-refractivity contribution in [3.63, 3.8) is 0 Å². The minimum absolute atomic E-state index is 0.0560. The Morgan fingerprint density at radius 2 is 1.67 bits per heavy atom. The first kappa shape index (κ1) is 17.2. The average molecular weight is 320 g/mol. The first-order valence-electron chi connectivity index (χ1n) is 5.42. The van der Waals surface area contributed by atoms with Crippen LogP contribution in [-0.2, 0) is 0 Å². The molecule has 10 heteroatoms. The van der Waals surface area contributed by atoms with E-state index in [9.17, 15) is 13.2 Å². The third-order valence-corrected chi connectivity index (χ3v) is 2.31. The lowest BCUT2D eigenvalue weighted by Crippen LogP contribution is -2.31. The van der Waals surface area contributed by atoms with Gasteiger partial charge in [0.2, 0.25) is 0 Å². The van der Waals surface area contributed by atoms with Crippen molar-refractivity contribution in [2.75, 3.05) is 0 Å². The zero-order valence-electron chi connectivity index (χ0n) is 10.3. The summed E-state index contributed by atoms with van der Waals surface area (Å²) in [6, 6.07) is 6.51.